The van der Waals surface area contributed by atoms with Crippen LogP contribution >= 0.6 is 11.3 Å². The zero-order valence-corrected chi connectivity index (χ0v) is 10.8. The minimum atomic E-state index is 0.704. The molecule has 0 fully saturated rings. The van der Waals surface area contributed by atoms with Gasteiger partial charge in [-0.2, -0.15) is 0 Å². The lowest BCUT2D eigenvalue weighted by Crippen LogP contribution is -2.36. The molecule has 0 aliphatic rings. The molecular formula is C11H18N4S. The molecule has 0 saturated carbocycles. The van der Waals surface area contributed by atoms with Gasteiger partial charge in [0.1, 0.15) is 5.01 Å². The van der Waals surface area contributed by atoms with Crippen molar-refractivity contribution in [1.82, 2.24) is 15.6 Å². The van der Waals surface area contributed by atoms with Crippen molar-refractivity contribution in [2.24, 2.45) is 4.99 Å². The highest BCUT2D eigenvalue weighted by molar-refractivity contribution is 7.11. The van der Waals surface area contributed by atoms with Gasteiger partial charge in [0.15, 0.2) is 5.96 Å². The number of aryl methyl sites for hydroxylation is 2. The third-order valence-corrected chi connectivity index (χ3v) is 3.19. The molecule has 88 valence electrons. The van der Waals surface area contributed by atoms with Crippen LogP contribution in [-0.2, 0) is 6.54 Å². The van der Waals surface area contributed by atoms with Gasteiger partial charge < -0.3 is 10.6 Å². The van der Waals surface area contributed by atoms with E-state index in [4.69, 9.17) is 0 Å². The Labute approximate surface area is 101 Å². The molecule has 1 aromatic rings. The fourth-order valence-electron chi connectivity index (χ4n) is 1.16. The highest BCUT2D eigenvalue weighted by atomic mass is 32.1. The SMILES string of the molecule is C=CCNC(=NC)NCc1nc(C)c(C)s1. The summed E-state index contributed by atoms with van der Waals surface area (Å²) in [5, 5.41) is 7.39. The largest absolute Gasteiger partial charge is 0.353 e. The Balaban J connectivity index is 2.46. The number of nitrogens with zero attached hydrogens (tertiary/aromatic N) is 2. The van der Waals surface area contributed by atoms with Crippen molar-refractivity contribution >= 4 is 17.3 Å². The highest BCUT2D eigenvalue weighted by Crippen LogP contribution is 2.15. The molecule has 0 aliphatic carbocycles. The lowest BCUT2D eigenvalue weighted by atomic mass is 10.4. The Kier molecular flexibility index (Phi) is 4.98. The quantitative estimate of drug-likeness (QED) is 0.476. The predicted octanol–water partition coefficient (Wildman–Crippen LogP) is 1.61. The van der Waals surface area contributed by atoms with Gasteiger partial charge in [0, 0.05) is 18.5 Å². The number of thiazole rings is 1. The van der Waals surface area contributed by atoms with E-state index in [-0.39, 0.29) is 0 Å². The van der Waals surface area contributed by atoms with Crippen LogP contribution in [-0.4, -0.2) is 24.5 Å². The van der Waals surface area contributed by atoms with E-state index >= 15 is 0 Å². The summed E-state index contributed by atoms with van der Waals surface area (Å²) in [6.45, 7) is 9.17. The zero-order valence-electron chi connectivity index (χ0n) is 10.0. The number of guanidine groups is 1. The van der Waals surface area contributed by atoms with Crippen molar-refractivity contribution in [2.75, 3.05) is 13.6 Å². The summed E-state index contributed by atoms with van der Waals surface area (Å²) in [5.74, 6) is 0.769. The molecule has 16 heavy (non-hydrogen) atoms. The Morgan fingerprint density at radius 3 is 2.75 bits per heavy atom. The fraction of sp³-hybridized carbons (Fsp3) is 0.455. The molecule has 0 spiro atoms. The zero-order chi connectivity index (χ0) is 12.0. The Morgan fingerprint density at radius 1 is 1.50 bits per heavy atom. The van der Waals surface area contributed by atoms with Crippen molar-refractivity contribution < 1.29 is 0 Å². The van der Waals surface area contributed by atoms with Gasteiger partial charge in [-0.25, -0.2) is 4.98 Å². The third-order valence-electron chi connectivity index (χ3n) is 2.12. The highest BCUT2D eigenvalue weighted by Gasteiger charge is 2.03. The summed E-state index contributed by atoms with van der Waals surface area (Å²) in [6, 6.07) is 0. The van der Waals surface area contributed by atoms with E-state index in [1.807, 2.05) is 6.92 Å². The van der Waals surface area contributed by atoms with E-state index < -0.39 is 0 Å². The first kappa shape index (κ1) is 12.7. The monoisotopic (exact) mass is 238 g/mol. The molecule has 0 radical (unpaired) electrons. The normalized spacial score (nSPS) is 11.3. The van der Waals surface area contributed by atoms with E-state index in [0.29, 0.717) is 13.1 Å². The minimum Gasteiger partial charge on any atom is -0.353 e. The van der Waals surface area contributed by atoms with Gasteiger partial charge >= 0.3 is 0 Å². The van der Waals surface area contributed by atoms with Crippen molar-refractivity contribution in [3.05, 3.63) is 28.2 Å². The Morgan fingerprint density at radius 2 is 2.25 bits per heavy atom. The smallest absolute Gasteiger partial charge is 0.191 e. The van der Waals surface area contributed by atoms with E-state index in [2.05, 4.69) is 34.1 Å². The molecular weight excluding hydrogens is 220 g/mol. The van der Waals surface area contributed by atoms with Gasteiger partial charge in [0.05, 0.1) is 12.2 Å². The molecule has 1 rings (SSSR count). The van der Waals surface area contributed by atoms with Crippen molar-refractivity contribution in [2.45, 2.75) is 20.4 Å². The van der Waals surface area contributed by atoms with Crippen molar-refractivity contribution in [3.8, 4) is 0 Å². The molecule has 0 aliphatic heterocycles. The second-order valence-corrected chi connectivity index (χ2v) is 4.63. The van der Waals surface area contributed by atoms with Crippen LogP contribution in [0.15, 0.2) is 17.6 Å². The molecule has 1 aromatic heterocycles. The maximum absolute atomic E-state index is 4.45. The van der Waals surface area contributed by atoms with Crippen LogP contribution < -0.4 is 10.6 Å². The van der Waals surface area contributed by atoms with Crippen LogP contribution in [0.5, 0.6) is 0 Å². The molecule has 0 unspecified atom stereocenters. The van der Waals surface area contributed by atoms with Crippen LogP contribution in [0.25, 0.3) is 0 Å². The first-order valence-electron chi connectivity index (χ1n) is 5.15. The van der Waals surface area contributed by atoms with Gasteiger partial charge in [-0.15, -0.1) is 17.9 Å². The first-order chi connectivity index (χ1) is 7.67. The van der Waals surface area contributed by atoms with E-state index in [1.54, 1.807) is 24.5 Å². The number of nitrogens with one attached hydrogen (secondary N) is 2. The van der Waals surface area contributed by atoms with Gasteiger partial charge in [-0.3, -0.25) is 4.99 Å². The summed E-state index contributed by atoms with van der Waals surface area (Å²) in [5.41, 5.74) is 1.11. The molecule has 5 heteroatoms. The molecule has 4 nitrogen and oxygen atoms in total. The number of hydrogen-bond donors (Lipinski definition) is 2. The Hall–Kier alpha value is -1.36. The lowest BCUT2D eigenvalue weighted by molar-refractivity contribution is 0.837. The van der Waals surface area contributed by atoms with Gasteiger partial charge in [0.2, 0.25) is 0 Å². The predicted molar refractivity (Wildman–Crippen MR) is 70.0 cm³/mol. The number of rotatable bonds is 4. The van der Waals surface area contributed by atoms with Crippen LogP contribution in [0.2, 0.25) is 0 Å². The van der Waals surface area contributed by atoms with E-state index in [9.17, 15) is 0 Å². The first-order valence-corrected chi connectivity index (χ1v) is 5.97. The minimum absolute atomic E-state index is 0.704. The summed E-state index contributed by atoms with van der Waals surface area (Å²) < 4.78 is 0. The summed E-state index contributed by atoms with van der Waals surface area (Å²) in [6.07, 6.45) is 1.80. The topological polar surface area (TPSA) is 49.3 Å². The summed E-state index contributed by atoms with van der Waals surface area (Å²) >= 11 is 1.71. The number of hydrogen-bond acceptors (Lipinski definition) is 3. The average molecular weight is 238 g/mol. The van der Waals surface area contributed by atoms with Gasteiger partial charge in [0.25, 0.3) is 0 Å². The van der Waals surface area contributed by atoms with Crippen LogP contribution in [0.1, 0.15) is 15.6 Å². The second-order valence-electron chi connectivity index (χ2n) is 3.34. The molecule has 0 atom stereocenters. The van der Waals surface area contributed by atoms with Gasteiger partial charge in [-0.1, -0.05) is 6.08 Å². The van der Waals surface area contributed by atoms with Crippen LogP contribution in [0.3, 0.4) is 0 Å². The molecule has 0 amide bonds. The fourth-order valence-corrected chi connectivity index (χ4v) is 2.04. The van der Waals surface area contributed by atoms with E-state index in [0.717, 1.165) is 16.7 Å². The maximum Gasteiger partial charge on any atom is 0.191 e. The third kappa shape index (κ3) is 3.66. The molecule has 0 saturated heterocycles. The average Bonchev–Trinajstić information content (AvgIpc) is 2.59. The van der Waals surface area contributed by atoms with E-state index in [1.165, 1.54) is 4.88 Å². The standard InChI is InChI=1S/C11H18N4S/c1-5-6-13-11(12-4)14-7-10-15-8(2)9(3)16-10/h5H,1,6-7H2,2-4H3,(H2,12,13,14). The molecule has 2 N–H and O–H groups in total. The van der Waals surface area contributed by atoms with Crippen LogP contribution in [0.4, 0.5) is 0 Å². The molecule has 1 heterocycles. The summed E-state index contributed by atoms with van der Waals surface area (Å²) in [7, 11) is 1.75. The molecule has 0 bridgehead atoms. The van der Waals surface area contributed by atoms with Crippen LogP contribution in [0, 0.1) is 13.8 Å². The molecule has 0 aromatic carbocycles. The maximum atomic E-state index is 4.45. The Bertz CT molecular complexity index is 362. The van der Waals surface area contributed by atoms with Gasteiger partial charge in [-0.05, 0) is 13.8 Å². The number of aliphatic imine (C=N–C) groups is 1. The lowest BCUT2D eigenvalue weighted by Gasteiger charge is -2.08. The number of aromatic nitrogens is 1. The van der Waals surface area contributed by atoms with Crippen molar-refractivity contribution in [1.29, 1.82) is 0 Å². The summed E-state index contributed by atoms with van der Waals surface area (Å²) in [4.78, 5) is 9.81. The van der Waals surface area contributed by atoms with Crippen molar-refractivity contribution in [3.63, 3.8) is 0 Å². The second kappa shape index (κ2) is 6.27.